The molecule has 2 amide bonds. The second-order valence-electron chi connectivity index (χ2n) is 7.09. The summed E-state index contributed by atoms with van der Waals surface area (Å²) >= 11 is 0. The van der Waals surface area contributed by atoms with Crippen LogP contribution >= 0.6 is 0 Å². The lowest BCUT2D eigenvalue weighted by Crippen LogP contribution is -2.52. The summed E-state index contributed by atoms with van der Waals surface area (Å²) in [5.74, 6) is 0.200. The largest absolute Gasteiger partial charge is 0.349 e. The fourth-order valence-electron chi connectivity index (χ4n) is 4.28. The van der Waals surface area contributed by atoms with Crippen LogP contribution in [0.3, 0.4) is 0 Å². The highest BCUT2D eigenvalue weighted by atomic mass is 16.2. The topological polar surface area (TPSA) is 79.6 Å². The van der Waals surface area contributed by atoms with Crippen molar-refractivity contribution in [3.8, 4) is 0 Å². The lowest BCUT2D eigenvalue weighted by Gasteiger charge is -2.39. The normalized spacial score (nSPS) is 25.3. The van der Waals surface area contributed by atoms with Crippen molar-refractivity contribution in [2.24, 2.45) is 0 Å². The summed E-state index contributed by atoms with van der Waals surface area (Å²) in [5, 5.41) is 10.9. The third-order valence-corrected chi connectivity index (χ3v) is 5.37. The van der Waals surface area contributed by atoms with Gasteiger partial charge in [0.2, 0.25) is 5.91 Å². The van der Waals surface area contributed by atoms with Gasteiger partial charge in [-0.15, -0.1) is 10.2 Å². The van der Waals surface area contributed by atoms with Crippen LogP contribution in [0.4, 0.5) is 0 Å². The molecule has 0 spiro atoms. The number of fused-ring (bicyclic) bond motifs is 3. The molecule has 7 heteroatoms. The molecule has 2 aromatic heterocycles. The average Bonchev–Trinajstić information content (AvgIpc) is 3.17. The minimum Gasteiger partial charge on any atom is -0.349 e. The number of rotatable bonds is 4. The van der Waals surface area contributed by atoms with Gasteiger partial charge in [0.15, 0.2) is 5.65 Å². The monoisotopic (exact) mass is 341 g/mol. The zero-order valence-electron chi connectivity index (χ0n) is 14.4. The number of carbonyl (C=O) groups is 2. The molecule has 25 heavy (non-hydrogen) atoms. The standard InChI is InChI=1S/C18H23N5O2/c1-2-3-17(24)23-14-5-6-15(23)9-13(8-14)20-18(25)12-4-7-16-21-19-11-22(16)10-12/h4,7,10-11,13-15H,2-3,5-6,8-9H2,1H3,(H,20,25). The van der Waals surface area contributed by atoms with E-state index in [2.05, 4.69) is 20.4 Å². The molecule has 2 aromatic rings. The van der Waals surface area contributed by atoms with Crippen LogP contribution in [0, 0.1) is 0 Å². The molecule has 2 bridgehead atoms. The molecule has 4 heterocycles. The van der Waals surface area contributed by atoms with Crippen molar-refractivity contribution < 1.29 is 9.59 Å². The average molecular weight is 341 g/mol. The summed E-state index contributed by atoms with van der Waals surface area (Å²) in [7, 11) is 0. The smallest absolute Gasteiger partial charge is 0.253 e. The van der Waals surface area contributed by atoms with Gasteiger partial charge >= 0.3 is 0 Å². The van der Waals surface area contributed by atoms with Crippen LogP contribution < -0.4 is 5.32 Å². The van der Waals surface area contributed by atoms with Gasteiger partial charge in [-0.1, -0.05) is 6.92 Å². The highest BCUT2D eigenvalue weighted by Crippen LogP contribution is 2.36. The molecule has 2 saturated heterocycles. The summed E-state index contributed by atoms with van der Waals surface area (Å²) < 4.78 is 1.74. The van der Waals surface area contributed by atoms with E-state index >= 15 is 0 Å². The highest BCUT2D eigenvalue weighted by molar-refractivity contribution is 5.94. The SMILES string of the molecule is CCCC(=O)N1C2CCC1CC(NC(=O)c1ccc3nncn3c1)C2. The number of aromatic nitrogens is 3. The first kappa shape index (κ1) is 16.1. The van der Waals surface area contributed by atoms with Crippen LogP contribution in [0.2, 0.25) is 0 Å². The Kier molecular flexibility index (Phi) is 4.15. The Morgan fingerprint density at radius 1 is 1.24 bits per heavy atom. The second-order valence-corrected chi connectivity index (χ2v) is 7.09. The van der Waals surface area contributed by atoms with Crippen molar-refractivity contribution in [1.29, 1.82) is 0 Å². The van der Waals surface area contributed by atoms with E-state index in [1.165, 1.54) is 0 Å². The van der Waals surface area contributed by atoms with Crippen LogP contribution in [-0.2, 0) is 4.79 Å². The molecule has 2 aliphatic heterocycles. The number of nitrogens with zero attached hydrogens (tertiary/aromatic N) is 4. The van der Waals surface area contributed by atoms with E-state index < -0.39 is 0 Å². The van der Waals surface area contributed by atoms with Crippen molar-refractivity contribution in [3.05, 3.63) is 30.2 Å². The molecule has 0 aliphatic carbocycles. The summed E-state index contributed by atoms with van der Waals surface area (Å²) in [6.45, 7) is 2.04. The molecule has 132 valence electrons. The minimum absolute atomic E-state index is 0.0756. The van der Waals surface area contributed by atoms with Gasteiger partial charge in [-0.2, -0.15) is 0 Å². The molecular weight excluding hydrogens is 318 g/mol. The maximum Gasteiger partial charge on any atom is 0.253 e. The van der Waals surface area contributed by atoms with Gasteiger partial charge in [0, 0.05) is 30.7 Å². The molecule has 4 rings (SSSR count). The van der Waals surface area contributed by atoms with Gasteiger partial charge in [-0.25, -0.2) is 0 Å². The fourth-order valence-corrected chi connectivity index (χ4v) is 4.28. The van der Waals surface area contributed by atoms with E-state index in [0.29, 0.717) is 12.0 Å². The Labute approximate surface area is 146 Å². The third-order valence-electron chi connectivity index (χ3n) is 5.37. The van der Waals surface area contributed by atoms with Crippen molar-refractivity contribution >= 4 is 17.5 Å². The van der Waals surface area contributed by atoms with Crippen molar-refractivity contribution in [3.63, 3.8) is 0 Å². The highest BCUT2D eigenvalue weighted by Gasteiger charge is 2.43. The Morgan fingerprint density at radius 3 is 2.72 bits per heavy atom. The second kappa shape index (κ2) is 6.46. The quantitative estimate of drug-likeness (QED) is 0.919. The van der Waals surface area contributed by atoms with Gasteiger partial charge < -0.3 is 10.2 Å². The molecule has 7 nitrogen and oxygen atoms in total. The minimum atomic E-state index is -0.0756. The van der Waals surface area contributed by atoms with Crippen molar-refractivity contribution in [1.82, 2.24) is 24.8 Å². The number of hydrogen-bond donors (Lipinski definition) is 1. The van der Waals surface area contributed by atoms with Gasteiger partial charge in [-0.3, -0.25) is 14.0 Å². The maximum atomic E-state index is 12.6. The van der Waals surface area contributed by atoms with Crippen molar-refractivity contribution in [2.75, 3.05) is 0 Å². The zero-order valence-corrected chi connectivity index (χ0v) is 14.4. The third kappa shape index (κ3) is 2.99. The van der Waals surface area contributed by atoms with E-state index in [-0.39, 0.29) is 29.9 Å². The first-order valence-electron chi connectivity index (χ1n) is 9.07. The summed E-state index contributed by atoms with van der Waals surface area (Å²) in [5.41, 5.74) is 1.32. The molecule has 0 aromatic carbocycles. The Morgan fingerprint density at radius 2 is 2.00 bits per heavy atom. The van der Waals surface area contributed by atoms with Crippen LogP contribution in [0.15, 0.2) is 24.7 Å². The summed E-state index contributed by atoms with van der Waals surface area (Å²) in [4.78, 5) is 27.0. The zero-order chi connectivity index (χ0) is 17.4. The Balaban J connectivity index is 1.42. The molecule has 1 N–H and O–H groups in total. The maximum absolute atomic E-state index is 12.6. The van der Waals surface area contributed by atoms with Crippen LogP contribution in [-0.4, -0.2) is 49.4 Å². The molecule has 2 unspecified atom stereocenters. The molecule has 0 saturated carbocycles. The van der Waals surface area contributed by atoms with E-state index in [9.17, 15) is 9.59 Å². The molecule has 2 fully saturated rings. The fraction of sp³-hybridized carbons (Fsp3) is 0.556. The van der Waals surface area contributed by atoms with Gasteiger partial charge in [0.25, 0.3) is 5.91 Å². The Hall–Kier alpha value is -2.44. The predicted octanol–water partition coefficient (Wildman–Crippen LogP) is 1.78. The van der Waals surface area contributed by atoms with Gasteiger partial charge in [0.1, 0.15) is 6.33 Å². The number of piperidine rings is 1. The van der Waals surface area contributed by atoms with E-state index in [1.807, 2.05) is 6.92 Å². The lowest BCUT2D eigenvalue weighted by molar-refractivity contribution is -0.135. The number of carbonyl (C=O) groups excluding carboxylic acids is 2. The van der Waals surface area contributed by atoms with Crippen LogP contribution in [0.25, 0.3) is 5.65 Å². The van der Waals surface area contributed by atoms with Crippen LogP contribution in [0.5, 0.6) is 0 Å². The van der Waals surface area contributed by atoms with Crippen LogP contribution in [0.1, 0.15) is 55.8 Å². The number of pyridine rings is 1. The number of nitrogens with one attached hydrogen (secondary N) is 1. The molecule has 0 radical (unpaired) electrons. The molecule has 2 atom stereocenters. The van der Waals surface area contributed by atoms with Gasteiger partial charge in [-0.05, 0) is 44.2 Å². The Bertz CT molecular complexity index is 788. The van der Waals surface area contributed by atoms with Crippen molar-refractivity contribution in [2.45, 2.75) is 63.6 Å². The first-order chi connectivity index (χ1) is 12.2. The number of amides is 2. The molecular formula is C18H23N5O2. The number of hydrogen-bond acceptors (Lipinski definition) is 4. The lowest BCUT2D eigenvalue weighted by atomic mass is 9.96. The van der Waals surface area contributed by atoms with E-state index in [4.69, 9.17) is 0 Å². The van der Waals surface area contributed by atoms with E-state index in [0.717, 1.165) is 37.8 Å². The summed E-state index contributed by atoms with van der Waals surface area (Å²) in [6, 6.07) is 4.25. The van der Waals surface area contributed by atoms with Gasteiger partial charge in [0.05, 0.1) is 5.56 Å². The predicted molar refractivity (Wildman–Crippen MR) is 92.0 cm³/mol. The summed E-state index contributed by atoms with van der Waals surface area (Å²) in [6.07, 6.45) is 8.67. The molecule has 2 aliphatic rings. The first-order valence-corrected chi connectivity index (χ1v) is 9.07. The van der Waals surface area contributed by atoms with E-state index in [1.54, 1.807) is 29.1 Å².